The molecule has 0 aliphatic heterocycles. The molecule has 118 valence electrons. The number of hydrogen-bond acceptors (Lipinski definition) is 3. The molecule has 6 nitrogen and oxygen atoms in total. The molecule has 0 radical (unpaired) electrons. The number of urea groups is 1. The molecule has 0 saturated heterocycles. The summed E-state index contributed by atoms with van der Waals surface area (Å²) in [6.45, 7) is 0. The minimum atomic E-state index is -1.01. The molecule has 4 N–H and O–H groups in total. The van der Waals surface area contributed by atoms with E-state index in [9.17, 15) is 13.6 Å². The van der Waals surface area contributed by atoms with Crippen molar-refractivity contribution in [3.05, 3.63) is 47.2 Å². The van der Waals surface area contributed by atoms with Gasteiger partial charge in [-0.3, -0.25) is 0 Å². The lowest BCUT2D eigenvalue weighted by molar-refractivity contribution is 0.259. The van der Waals surface area contributed by atoms with E-state index in [4.69, 9.17) is 22.1 Å². The Labute approximate surface area is 133 Å². The molecule has 0 unspecified atom stereocenters. The van der Waals surface area contributed by atoms with Crippen LogP contribution in [0.3, 0.4) is 0 Å². The van der Waals surface area contributed by atoms with Gasteiger partial charge in [-0.15, -0.1) is 0 Å². The van der Waals surface area contributed by atoms with Crippen LogP contribution in [-0.2, 0) is 0 Å². The van der Waals surface area contributed by atoms with Crippen molar-refractivity contribution in [2.45, 2.75) is 0 Å². The number of anilines is 1. The monoisotopic (exact) mass is 338 g/mol. The first-order chi connectivity index (χ1) is 11.0. The van der Waals surface area contributed by atoms with Crippen molar-refractivity contribution in [1.82, 2.24) is 9.97 Å². The molecule has 1 aromatic carbocycles. The summed E-state index contributed by atoms with van der Waals surface area (Å²) in [6, 6.07) is 2.27. The number of rotatable bonds is 3. The van der Waals surface area contributed by atoms with Crippen molar-refractivity contribution < 1.29 is 18.3 Å². The van der Waals surface area contributed by atoms with E-state index in [1.54, 1.807) is 0 Å². The first kappa shape index (κ1) is 15.0. The van der Waals surface area contributed by atoms with Crippen LogP contribution in [0, 0.1) is 11.6 Å². The maximum atomic E-state index is 14.1. The van der Waals surface area contributed by atoms with Gasteiger partial charge in [-0.1, -0.05) is 11.6 Å². The average Bonchev–Trinajstić information content (AvgIpc) is 2.85. The molecule has 0 bridgehead atoms. The molecule has 3 rings (SSSR count). The molecule has 0 fully saturated rings. The number of primary amides is 1. The van der Waals surface area contributed by atoms with Crippen LogP contribution in [0.2, 0.25) is 5.02 Å². The Balaban J connectivity index is 2.02. The summed E-state index contributed by atoms with van der Waals surface area (Å²) in [4.78, 5) is 17.6. The highest BCUT2D eigenvalue weighted by molar-refractivity contribution is 6.36. The number of hydrogen-bond donors (Lipinski definition) is 3. The second-order valence-corrected chi connectivity index (χ2v) is 4.94. The largest absolute Gasteiger partial charge is 0.450 e. The number of aromatic nitrogens is 2. The zero-order valence-corrected chi connectivity index (χ0v) is 12.1. The number of benzene rings is 1. The fraction of sp³-hybridized carbons (Fsp3) is 0. The van der Waals surface area contributed by atoms with Gasteiger partial charge in [-0.25, -0.2) is 18.6 Å². The zero-order chi connectivity index (χ0) is 16.6. The second-order valence-electron chi connectivity index (χ2n) is 4.53. The van der Waals surface area contributed by atoms with Crippen LogP contribution in [0.1, 0.15) is 0 Å². The molecule has 0 aliphatic rings. The third-order valence-electron chi connectivity index (χ3n) is 2.97. The summed E-state index contributed by atoms with van der Waals surface area (Å²) in [5.41, 5.74) is 5.19. The highest BCUT2D eigenvalue weighted by Crippen LogP contribution is 2.36. The second kappa shape index (κ2) is 5.73. The molecule has 23 heavy (non-hydrogen) atoms. The maximum Gasteiger partial charge on any atom is 0.316 e. The number of amides is 2. The van der Waals surface area contributed by atoms with Gasteiger partial charge >= 0.3 is 6.03 Å². The minimum absolute atomic E-state index is 0.126. The number of nitrogens with two attached hydrogens (primary N) is 1. The van der Waals surface area contributed by atoms with E-state index in [1.807, 2.05) is 0 Å². The number of fused-ring (bicyclic) bond motifs is 1. The van der Waals surface area contributed by atoms with Crippen LogP contribution in [0.4, 0.5) is 19.3 Å². The fourth-order valence-electron chi connectivity index (χ4n) is 2.06. The van der Waals surface area contributed by atoms with E-state index < -0.39 is 23.4 Å². The lowest BCUT2D eigenvalue weighted by atomic mass is 10.2. The highest BCUT2D eigenvalue weighted by Gasteiger charge is 2.17. The zero-order valence-electron chi connectivity index (χ0n) is 11.4. The summed E-state index contributed by atoms with van der Waals surface area (Å²) in [5.74, 6) is -2.52. The van der Waals surface area contributed by atoms with Gasteiger partial charge in [0.2, 0.25) is 0 Å². The molecular weight excluding hydrogens is 330 g/mol. The maximum absolute atomic E-state index is 14.1. The molecule has 2 heterocycles. The minimum Gasteiger partial charge on any atom is -0.450 e. The lowest BCUT2D eigenvalue weighted by Gasteiger charge is -2.11. The molecule has 0 atom stereocenters. The molecule has 2 amide bonds. The Kier molecular flexibility index (Phi) is 3.75. The van der Waals surface area contributed by atoms with Gasteiger partial charge in [-0.05, 0) is 6.07 Å². The van der Waals surface area contributed by atoms with Crippen molar-refractivity contribution in [2.24, 2.45) is 5.73 Å². The first-order valence-corrected chi connectivity index (χ1v) is 6.68. The molecule has 2 aromatic heterocycles. The van der Waals surface area contributed by atoms with E-state index in [0.29, 0.717) is 16.1 Å². The Morgan fingerprint density at radius 3 is 2.70 bits per heavy atom. The van der Waals surface area contributed by atoms with Gasteiger partial charge in [-0.2, -0.15) is 0 Å². The Morgan fingerprint density at radius 2 is 2.04 bits per heavy atom. The molecule has 0 spiro atoms. The van der Waals surface area contributed by atoms with Crippen molar-refractivity contribution in [3.8, 4) is 11.5 Å². The number of halogens is 3. The van der Waals surface area contributed by atoms with Crippen LogP contribution in [0.15, 0.2) is 30.6 Å². The van der Waals surface area contributed by atoms with E-state index in [0.717, 1.165) is 12.1 Å². The van der Waals surface area contributed by atoms with Gasteiger partial charge in [0.25, 0.3) is 0 Å². The SMILES string of the molecule is NC(=O)Nc1cc(F)c(Oc2ccnc3[nH]cc(Cl)c23)c(F)c1. The van der Waals surface area contributed by atoms with Gasteiger partial charge in [0.05, 0.1) is 10.4 Å². The number of carbonyl (C=O) groups excluding carboxylic acids is 1. The summed E-state index contributed by atoms with van der Waals surface area (Å²) >= 11 is 6.01. The fourth-order valence-corrected chi connectivity index (χ4v) is 2.29. The first-order valence-electron chi connectivity index (χ1n) is 6.30. The third-order valence-corrected chi connectivity index (χ3v) is 3.26. The number of H-pyrrole nitrogens is 1. The number of carbonyl (C=O) groups is 1. The van der Waals surface area contributed by atoms with Gasteiger partial charge in [0.15, 0.2) is 17.4 Å². The van der Waals surface area contributed by atoms with Crippen LogP contribution in [0.25, 0.3) is 11.0 Å². The average molecular weight is 339 g/mol. The Morgan fingerprint density at radius 1 is 1.35 bits per heavy atom. The molecular formula is C14H9ClF2N4O2. The van der Waals surface area contributed by atoms with Crippen LogP contribution >= 0.6 is 11.6 Å². The van der Waals surface area contributed by atoms with Gasteiger partial charge < -0.3 is 20.8 Å². The highest BCUT2D eigenvalue weighted by atomic mass is 35.5. The number of ether oxygens (including phenoxy) is 1. The smallest absolute Gasteiger partial charge is 0.316 e. The van der Waals surface area contributed by atoms with Crippen LogP contribution in [-0.4, -0.2) is 16.0 Å². The lowest BCUT2D eigenvalue weighted by Crippen LogP contribution is -2.19. The number of pyridine rings is 1. The van der Waals surface area contributed by atoms with E-state index in [-0.39, 0.29) is 11.4 Å². The molecule has 9 heteroatoms. The standard InChI is InChI=1S/C14H9ClF2N4O2/c15-7-5-20-13-11(7)10(1-2-19-13)23-12-8(16)3-6(4-9(12)17)21-14(18)22/h1-5H,(H,19,20)(H3,18,21,22). The van der Waals surface area contributed by atoms with Crippen molar-refractivity contribution >= 4 is 34.4 Å². The third kappa shape index (κ3) is 2.88. The topological polar surface area (TPSA) is 93.0 Å². The van der Waals surface area contributed by atoms with Crippen molar-refractivity contribution in [2.75, 3.05) is 5.32 Å². The molecule has 0 saturated carbocycles. The van der Waals surface area contributed by atoms with E-state index in [1.165, 1.54) is 18.5 Å². The summed E-state index contributed by atoms with van der Waals surface area (Å²) < 4.78 is 33.4. The van der Waals surface area contributed by atoms with Gasteiger partial charge in [0, 0.05) is 30.2 Å². The Bertz CT molecular complexity index is 890. The predicted octanol–water partition coefficient (Wildman–Crippen LogP) is 3.78. The molecule has 0 aliphatic carbocycles. The Hall–Kier alpha value is -2.87. The van der Waals surface area contributed by atoms with Gasteiger partial charge in [0.1, 0.15) is 11.4 Å². The predicted molar refractivity (Wildman–Crippen MR) is 80.7 cm³/mol. The number of nitrogens with zero attached hydrogens (tertiary/aromatic N) is 1. The number of aromatic amines is 1. The quantitative estimate of drug-likeness (QED) is 0.678. The van der Waals surface area contributed by atoms with E-state index in [2.05, 4.69) is 15.3 Å². The normalized spacial score (nSPS) is 10.7. The van der Waals surface area contributed by atoms with Crippen LogP contribution < -0.4 is 15.8 Å². The van der Waals surface area contributed by atoms with Crippen molar-refractivity contribution in [1.29, 1.82) is 0 Å². The van der Waals surface area contributed by atoms with Crippen LogP contribution in [0.5, 0.6) is 11.5 Å². The summed E-state index contributed by atoms with van der Waals surface area (Å²) in [7, 11) is 0. The molecule has 3 aromatic rings. The summed E-state index contributed by atoms with van der Waals surface area (Å²) in [5, 5.41) is 2.78. The van der Waals surface area contributed by atoms with E-state index >= 15 is 0 Å². The van der Waals surface area contributed by atoms with Crippen molar-refractivity contribution in [3.63, 3.8) is 0 Å². The summed E-state index contributed by atoms with van der Waals surface area (Å²) in [6.07, 6.45) is 2.89. The number of nitrogens with one attached hydrogen (secondary N) is 2.